The predicted octanol–water partition coefficient (Wildman–Crippen LogP) is 3.21. The van der Waals surface area contributed by atoms with E-state index in [-0.39, 0.29) is 17.5 Å². The number of fused-ring (bicyclic) bond motifs is 1. The van der Waals surface area contributed by atoms with Gasteiger partial charge in [-0.3, -0.25) is 9.78 Å². The van der Waals surface area contributed by atoms with Crippen LogP contribution in [0.1, 0.15) is 16.1 Å². The molecule has 0 unspecified atom stereocenters. The van der Waals surface area contributed by atoms with Crippen molar-refractivity contribution < 1.29 is 9.18 Å². The lowest BCUT2D eigenvalue weighted by Gasteiger charge is -2.34. The van der Waals surface area contributed by atoms with Crippen LogP contribution in [0, 0.1) is 18.3 Å². The number of amidine groups is 1. The number of nitrogens with two attached hydrogens (primary N) is 1. The molecule has 2 aliphatic heterocycles. The molecule has 3 N–H and O–H groups in total. The molecule has 2 atom stereocenters. The fourth-order valence-electron chi connectivity index (χ4n) is 4.29. The number of pyridine rings is 1. The lowest BCUT2D eigenvalue weighted by molar-refractivity contribution is 0.102. The number of carbonyl (C=O) groups excluding carboxylic acids is 1. The van der Waals surface area contributed by atoms with E-state index in [0.717, 1.165) is 23.7 Å². The van der Waals surface area contributed by atoms with Crippen molar-refractivity contribution >= 4 is 40.2 Å². The van der Waals surface area contributed by atoms with E-state index >= 15 is 0 Å². The van der Waals surface area contributed by atoms with Crippen molar-refractivity contribution in [3.8, 4) is 0 Å². The summed E-state index contributed by atoms with van der Waals surface area (Å²) in [7, 11) is 0. The zero-order chi connectivity index (χ0) is 23.7. The Kier molecular flexibility index (Phi) is 5.59. The normalized spacial score (nSPS) is 21.4. The minimum atomic E-state index is -0.649. The van der Waals surface area contributed by atoms with Crippen LogP contribution < -0.4 is 16.0 Å². The molecule has 1 aromatic carbocycles. The number of thioether (sulfide) groups is 1. The highest BCUT2D eigenvalue weighted by molar-refractivity contribution is 8.13. The van der Waals surface area contributed by atoms with Crippen molar-refractivity contribution in [2.45, 2.75) is 5.54 Å². The van der Waals surface area contributed by atoms with Gasteiger partial charge in [-0.15, -0.1) is 0 Å². The monoisotopic (exact) mass is 474 g/mol. The number of rotatable bonds is 4. The summed E-state index contributed by atoms with van der Waals surface area (Å²) in [5.74, 6) is 0.452. The van der Waals surface area contributed by atoms with Gasteiger partial charge >= 0.3 is 0 Å². The number of aliphatic imine (C=N–C) groups is 1. The quantitative estimate of drug-likeness (QED) is 0.558. The molecule has 0 radical (unpaired) electrons. The van der Waals surface area contributed by atoms with Crippen molar-refractivity contribution in [2.75, 3.05) is 29.1 Å². The number of nitrogens with zero attached hydrogens (tertiary/aromatic N) is 6. The van der Waals surface area contributed by atoms with Gasteiger partial charge in [0.2, 0.25) is 11.6 Å². The number of hydrogen-bond donors (Lipinski definition) is 2. The highest BCUT2D eigenvalue weighted by Gasteiger charge is 2.50. The third-order valence-electron chi connectivity index (χ3n) is 5.91. The maximum atomic E-state index is 13.3. The molecule has 1 amide bonds. The highest BCUT2D eigenvalue weighted by atomic mass is 32.2. The molecule has 2 aromatic heterocycles. The van der Waals surface area contributed by atoms with Crippen LogP contribution in [0.3, 0.4) is 0 Å². The van der Waals surface area contributed by atoms with Crippen LogP contribution in [-0.2, 0) is 5.54 Å². The number of anilines is 2. The zero-order valence-electron chi connectivity index (χ0n) is 17.8. The van der Waals surface area contributed by atoms with Crippen molar-refractivity contribution in [1.82, 2.24) is 15.0 Å². The highest BCUT2D eigenvalue weighted by Crippen LogP contribution is 2.46. The third-order valence-corrected chi connectivity index (χ3v) is 6.87. The zero-order valence-corrected chi connectivity index (χ0v) is 18.7. The summed E-state index contributed by atoms with van der Waals surface area (Å²) in [6.45, 7) is 8.12. The van der Waals surface area contributed by atoms with Gasteiger partial charge in [-0.25, -0.2) is 24.2 Å². The first-order valence-corrected chi connectivity index (χ1v) is 11.4. The molecular formula is C23H19FN8OS. The average molecular weight is 475 g/mol. The molecule has 1 fully saturated rings. The van der Waals surface area contributed by atoms with Crippen LogP contribution in [0.4, 0.5) is 21.7 Å². The first-order chi connectivity index (χ1) is 16.5. The summed E-state index contributed by atoms with van der Waals surface area (Å²) in [6.07, 6.45) is 3.67. The standard InChI is InChI=1S/C23H19FN8OS/c1-26-18-5-6-19(27-10-18)20(33)30-17-4-2-3-14(7-17)23-13-32(22-28-8-16(24)9-29-22)11-15(23)12-34-21(25)31-23/h2-10,15H,11-13H2,(H2,25,31)(H,30,33)/t15-,23+/m0/s1. The van der Waals surface area contributed by atoms with E-state index in [2.05, 4.69) is 25.1 Å². The first-order valence-electron chi connectivity index (χ1n) is 10.4. The average Bonchev–Trinajstić information content (AvgIpc) is 3.24. The Bertz CT molecular complexity index is 1310. The van der Waals surface area contributed by atoms with Crippen molar-refractivity contribution in [3.05, 3.63) is 83.5 Å². The Morgan fingerprint density at radius 1 is 1.24 bits per heavy atom. The molecular weight excluding hydrogens is 455 g/mol. The minimum absolute atomic E-state index is 0.118. The number of nitrogens with one attached hydrogen (secondary N) is 1. The number of aromatic nitrogens is 3. The van der Waals surface area contributed by atoms with E-state index in [1.165, 1.54) is 24.0 Å². The Morgan fingerprint density at radius 2 is 2.06 bits per heavy atom. The third kappa shape index (κ3) is 4.04. The summed E-state index contributed by atoms with van der Waals surface area (Å²) >= 11 is 1.50. The van der Waals surface area contributed by atoms with Gasteiger partial charge in [0, 0.05) is 30.1 Å². The van der Waals surface area contributed by atoms with Gasteiger partial charge in [-0.2, -0.15) is 0 Å². The molecule has 34 heavy (non-hydrogen) atoms. The summed E-state index contributed by atoms with van der Waals surface area (Å²) in [5.41, 5.74) is 7.58. The predicted molar refractivity (Wildman–Crippen MR) is 128 cm³/mol. The lowest BCUT2D eigenvalue weighted by Crippen LogP contribution is -2.40. The summed E-state index contributed by atoms with van der Waals surface area (Å²) in [6, 6.07) is 10.6. The van der Waals surface area contributed by atoms with Crippen molar-refractivity contribution in [2.24, 2.45) is 16.6 Å². The molecule has 0 bridgehead atoms. The Hall–Kier alpha value is -4.04. The van der Waals surface area contributed by atoms with Crippen LogP contribution >= 0.6 is 11.8 Å². The molecule has 0 aliphatic carbocycles. The second kappa shape index (κ2) is 8.72. The molecule has 0 spiro atoms. The number of carbonyl (C=O) groups is 1. The van der Waals surface area contributed by atoms with Crippen LogP contribution in [0.25, 0.3) is 4.85 Å². The number of benzene rings is 1. The van der Waals surface area contributed by atoms with E-state index in [9.17, 15) is 9.18 Å². The maximum absolute atomic E-state index is 13.3. The molecule has 1 saturated heterocycles. The topological polar surface area (TPSA) is 114 Å². The van der Waals surface area contributed by atoms with Crippen molar-refractivity contribution in [3.63, 3.8) is 0 Å². The minimum Gasteiger partial charge on any atom is -0.379 e. The largest absolute Gasteiger partial charge is 0.379 e. The Labute approximate surface area is 199 Å². The van der Waals surface area contributed by atoms with Crippen molar-refractivity contribution in [1.29, 1.82) is 0 Å². The number of amides is 1. The van der Waals surface area contributed by atoms with Crippen LogP contribution in [0.2, 0.25) is 0 Å². The maximum Gasteiger partial charge on any atom is 0.274 e. The molecule has 9 nitrogen and oxygen atoms in total. The van der Waals surface area contributed by atoms with Gasteiger partial charge in [0.1, 0.15) is 11.2 Å². The van der Waals surface area contributed by atoms with E-state index in [1.807, 2.05) is 23.1 Å². The van der Waals surface area contributed by atoms with Crippen LogP contribution in [0.15, 0.2) is 60.0 Å². The van der Waals surface area contributed by atoms with Gasteiger partial charge in [-0.05, 0) is 23.8 Å². The van der Waals surface area contributed by atoms with Crippen LogP contribution in [0.5, 0.6) is 0 Å². The van der Waals surface area contributed by atoms with Gasteiger partial charge in [0.25, 0.3) is 5.91 Å². The fraction of sp³-hybridized carbons (Fsp3) is 0.217. The molecule has 3 aromatic rings. The SMILES string of the molecule is [C-]#[N+]c1ccc(C(=O)Nc2cccc([C@]34CN(c5ncc(F)cn5)C[C@H]3CSC(N)=N4)c2)nc1. The molecule has 4 heterocycles. The number of halogens is 1. The van der Waals surface area contributed by atoms with E-state index < -0.39 is 11.4 Å². The molecule has 11 heteroatoms. The van der Waals surface area contributed by atoms with Gasteiger partial charge in [0.05, 0.1) is 25.5 Å². The smallest absolute Gasteiger partial charge is 0.274 e. The second-order valence-electron chi connectivity index (χ2n) is 8.01. The lowest BCUT2D eigenvalue weighted by atomic mass is 9.81. The van der Waals surface area contributed by atoms with E-state index in [1.54, 1.807) is 12.1 Å². The molecule has 0 saturated carbocycles. The van der Waals surface area contributed by atoms with Crippen LogP contribution in [-0.4, -0.2) is 44.9 Å². The molecule has 5 rings (SSSR count). The second-order valence-corrected chi connectivity index (χ2v) is 9.05. The summed E-state index contributed by atoms with van der Waals surface area (Å²) in [4.78, 5) is 35.2. The number of hydrogen-bond acceptors (Lipinski definition) is 8. The molecule has 2 aliphatic rings. The van der Waals surface area contributed by atoms with E-state index in [4.69, 9.17) is 17.3 Å². The summed E-state index contributed by atoms with van der Waals surface area (Å²) in [5, 5.41) is 3.37. The van der Waals surface area contributed by atoms with Gasteiger partial charge < -0.3 is 16.0 Å². The van der Waals surface area contributed by atoms with Gasteiger partial charge in [-0.1, -0.05) is 30.0 Å². The van der Waals surface area contributed by atoms with Gasteiger partial charge in [0.15, 0.2) is 11.0 Å². The summed E-state index contributed by atoms with van der Waals surface area (Å²) < 4.78 is 13.3. The Morgan fingerprint density at radius 3 is 2.79 bits per heavy atom. The van der Waals surface area contributed by atoms with E-state index in [0.29, 0.717) is 35.6 Å². The molecule has 170 valence electrons. The fourth-order valence-corrected chi connectivity index (χ4v) is 5.27. The Balaban J connectivity index is 1.44. The first kappa shape index (κ1) is 21.8.